The van der Waals surface area contributed by atoms with Crippen LogP contribution in [0.1, 0.15) is 11.4 Å². The van der Waals surface area contributed by atoms with Crippen LogP contribution in [0, 0.1) is 17.0 Å². The number of rotatable bonds is 8. The molecule has 0 aliphatic rings. The first-order chi connectivity index (χ1) is 10.1. The second-order valence-corrected chi connectivity index (χ2v) is 5.68. The van der Waals surface area contributed by atoms with Crippen LogP contribution in [0.3, 0.4) is 0 Å². The zero-order valence-corrected chi connectivity index (χ0v) is 12.5. The third kappa shape index (κ3) is 4.10. The molecule has 0 saturated carbocycles. The van der Waals surface area contributed by atoms with Gasteiger partial charge in [0.25, 0.3) is 5.69 Å². The topological polar surface area (TPSA) is 97.5 Å². The van der Waals surface area contributed by atoms with Crippen LogP contribution < -0.4 is 5.32 Å². The molecule has 1 aromatic heterocycles. The Morgan fingerprint density at radius 2 is 2.29 bits per heavy atom. The number of nitro benzene ring substituents is 1. The number of ether oxygens (including phenoxy) is 1. The van der Waals surface area contributed by atoms with E-state index >= 15 is 0 Å². The van der Waals surface area contributed by atoms with Crippen LogP contribution in [0.5, 0.6) is 0 Å². The van der Waals surface area contributed by atoms with E-state index in [1.807, 2.05) is 6.92 Å². The van der Waals surface area contributed by atoms with Crippen LogP contribution in [0.4, 0.5) is 11.4 Å². The number of aliphatic hydroxyl groups excluding tert-OH is 1. The first kappa shape index (κ1) is 15.6. The Morgan fingerprint density at radius 3 is 3.00 bits per heavy atom. The molecule has 21 heavy (non-hydrogen) atoms. The lowest BCUT2D eigenvalue weighted by molar-refractivity contribution is -0.383. The first-order valence-corrected chi connectivity index (χ1v) is 7.41. The number of anilines is 1. The van der Waals surface area contributed by atoms with E-state index < -0.39 is 0 Å². The molecule has 0 atom stereocenters. The number of nitrogens with zero attached hydrogens (tertiary/aromatic N) is 2. The maximum absolute atomic E-state index is 11.1. The van der Waals surface area contributed by atoms with E-state index in [2.05, 4.69) is 10.3 Å². The molecule has 0 amide bonds. The summed E-state index contributed by atoms with van der Waals surface area (Å²) in [6.07, 6.45) is 0.700. The second-order valence-electron chi connectivity index (χ2n) is 4.44. The van der Waals surface area contributed by atoms with Crippen molar-refractivity contribution in [3.05, 3.63) is 27.3 Å². The highest BCUT2D eigenvalue weighted by Crippen LogP contribution is 2.32. The molecular weight excluding hydrogens is 294 g/mol. The van der Waals surface area contributed by atoms with Gasteiger partial charge in [-0.1, -0.05) is 0 Å². The minimum atomic E-state index is -0.390. The second kappa shape index (κ2) is 7.30. The van der Waals surface area contributed by atoms with Crippen LogP contribution in [-0.2, 0) is 4.74 Å². The van der Waals surface area contributed by atoms with Crippen molar-refractivity contribution in [1.29, 1.82) is 0 Å². The molecule has 8 heteroatoms. The highest BCUT2D eigenvalue weighted by Gasteiger charge is 2.16. The zero-order chi connectivity index (χ0) is 15.2. The van der Waals surface area contributed by atoms with Gasteiger partial charge in [0.1, 0.15) is 5.69 Å². The lowest BCUT2D eigenvalue weighted by Crippen LogP contribution is -2.08. The number of aliphatic hydroxyl groups is 1. The molecule has 0 saturated heterocycles. The van der Waals surface area contributed by atoms with E-state index in [9.17, 15) is 10.1 Å². The van der Waals surface area contributed by atoms with E-state index in [4.69, 9.17) is 9.84 Å². The van der Waals surface area contributed by atoms with Crippen molar-refractivity contribution in [3.8, 4) is 0 Å². The molecule has 7 nitrogen and oxygen atoms in total. The van der Waals surface area contributed by atoms with Gasteiger partial charge in [-0.25, -0.2) is 4.98 Å². The Bertz CT molecular complexity index is 629. The maximum Gasteiger partial charge on any atom is 0.293 e. The number of nitro groups is 1. The Labute approximate surface area is 125 Å². The van der Waals surface area contributed by atoms with Crippen LogP contribution in [0.2, 0.25) is 0 Å². The standard InChI is InChI=1S/C13H17N3O4S/c1-9-15-11-7-10(14-3-2-5-20-6-4-17)12(16(18)19)8-13(11)21-9/h7-8,14,17H,2-6H2,1H3. The molecule has 0 spiro atoms. The lowest BCUT2D eigenvalue weighted by Gasteiger charge is -2.07. The number of hydrogen-bond acceptors (Lipinski definition) is 7. The van der Waals surface area contributed by atoms with Crippen molar-refractivity contribution in [3.63, 3.8) is 0 Å². The Hall–Kier alpha value is -1.77. The summed E-state index contributed by atoms with van der Waals surface area (Å²) in [4.78, 5) is 15.1. The molecule has 0 aliphatic carbocycles. The zero-order valence-electron chi connectivity index (χ0n) is 11.7. The van der Waals surface area contributed by atoms with E-state index in [1.54, 1.807) is 12.1 Å². The lowest BCUT2D eigenvalue weighted by atomic mass is 10.2. The van der Waals surface area contributed by atoms with E-state index in [0.29, 0.717) is 31.9 Å². The van der Waals surface area contributed by atoms with Gasteiger partial charge >= 0.3 is 0 Å². The average Bonchev–Trinajstić information content (AvgIpc) is 2.80. The molecule has 1 aromatic carbocycles. The number of thiazole rings is 1. The number of aromatic nitrogens is 1. The van der Waals surface area contributed by atoms with Crippen molar-refractivity contribution >= 4 is 32.9 Å². The summed E-state index contributed by atoms with van der Waals surface area (Å²) in [6, 6.07) is 3.27. The van der Waals surface area contributed by atoms with Gasteiger partial charge in [-0.15, -0.1) is 11.3 Å². The minimum Gasteiger partial charge on any atom is -0.394 e. The minimum absolute atomic E-state index is 0.00125. The smallest absolute Gasteiger partial charge is 0.293 e. The Balaban J connectivity index is 2.06. The van der Waals surface area contributed by atoms with Crippen molar-refractivity contribution < 1.29 is 14.8 Å². The molecule has 0 bridgehead atoms. The first-order valence-electron chi connectivity index (χ1n) is 6.60. The predicted octanol–water partition coefficient (Wildman–Crippen LogP) is 2.32. The van der Waals surface area contributed by atoms with Gasteiger partial charge < -0.3 is 15.2 Å². The molecule has 0 unspecified atom stereocenters. The molecule has 0 fully saturated rings. The van der Waals surface area contributed by atoms with Crippen molar-refractivity contribution in [1.82, 2.24) is 4.98 Å². The van der Waals surface area contributed by atoms with Crippen LogP contribution >= 0.6 is 11.3 Å². The summed E-state index contributed by atoms with van der Waals surface area (Å²) in [5.41, 5.74) is 1.30. The van der Waals surface area contributed by atoms with Gasteiger partial charge in [-0.2, -0.15) is 0 Å². The highest BCUT2D eigenvalue weighted by molar-refractivity contribution is 7.18. The summed E-state index contributed by atoms with van der Waals surface area (Å²) < 4.78 is 5.95. The third-order valence-corrected chi connectivity index (χ3v) is 3.76. The fraction of sp³-hybridized carbons (Fsp3) is 0.462. The number of aryl methyl sites for hydroxylation is 1. The maximum atomic E-state index is 11.1. The predicted molar refractivity (Wildman–Crippen MR) is 82.0 cm³/mol. The largest absolute Gasteiger partial charge is 0.394 e. The molecule has 0 aliphatic heterocycles. The summed E-state index contributed by atoms with van der Waals surface area (Å²) in [5, 5.41) is 23.7. The molecule has 2 N–H and O–H groups in total. The fourth-order valence-electron chi connectivity index (χ4n) is 1.93. The monoisotopic (exact) mass is 311 g/mol. The molecule has 0 radical (unpaired) electrons. The molecule has 2 rings (SSSR count). The highest BCUT2D eigenvalue weighted by atomic mass is 32.1. The van der Waals surface area contributed by atoms with Gasteiger partial charge in [0.15, 0.2) is 0 Å². The molecule has 1 heterocycles. The molecule has 114 valence electrons. The number of fused-ring (bicyclic) bond motifs is 1. The van der Waals surface area contributed by atoms with Crippen molar-refractivity contribution in [2.75, 3.05) is 31.7 Å². The van der Waals surface area contributed by atoms with Gasteiger partial charge in [-0.05, 0) is 19.4 Å². The quantitative estimate of drug-likeness (QED) is 0.441. The van der Waals surface area contributed by atoms with E-state index in [-0.39, 0.29) is 17.2 Å². The number of benzene rings is 1. The van der Waals surface area contributed by atoms with Crippen LogP contribution in [0.25, 0.3) is 10.2 Å². The number of hydrogen-bond donors (Lipinski definition) is 2. The van der Waals surface area contributed by atoms with Crippen molar-refractivity contribution in [2.24, 2.45) is 0 Å². The normalized spacial score (nSPS) is 11.0. The van der Waals surface area contributed by atoms with Crippen LogP contribution in [0.15, 0.2) is 12.1 Å². The summed E-state index contributed by atoms with van der Waals surface area (Å²) in [6.45, 7) is 3.24. The average molecular weight is 311 g/mol. The molecular formula is C13H17N3O4S. The Morgan fingerprint density at radius 1 is 1.48 bits per heavy atom. The van der Waals surface area contributed by atoms with Crippen LogP contribution in [-0.4, -0.2) is 41.4 Å². The SMILES string of the molecule is Cc1nc2cc(NCCCOCCO)c([N+](=O)[O-])cc2s1. The van der Waals surface area contributed by atoms with E-state index in [0.717, 1.165) is 15.2 Å². The van der Waals surface area contributed by atoms with Gasteiger partial charge in [0.2, 0.25) is 0 Å². The van der Waals surface area contributed by atoms with E-state index in [1.165, 1.54) is 11.3 Å². The van der Waals surface area contributed by atoms with Gasteiger partial charge in [0, 0.05) is 19.2 Å². The van der Waals surface area contributed by atoms with Gasteiger partial charge in [0.05, 0.1) is 33.4 Å². The third-order valence-electron chi connectivity index (χ3n) is 2.83. The molecule has 2 aromatic rings. The van der Waals surface area contributed by atoms with Gasteiger partial charge in [-0.3, -0.25) is 10.1 Å². The summed E-state index contributed by atoms with van der Waals surface area (Å²) in [7, 11) is 0. The summed E-state index contributed by atoms with van der Waals surface area (Å²) in [5.74, 6) is 0. The Kier molecular flexibility index (Phi) is 5.43. The fourth-order valence-corrected chi connectivity index (χ4v) is 2.78. The van der Waals surface area contributed by atoms with Crippen molar-refractivity contribution in [2.45, 2.75) is 13.3 Å². The number of nitrogens with one attached hydrogen (secondary N) is 1. The summed E-state index contributed by atoms with van der Waals surface area (Å²) >= 11 is 1.44.